The molecule has 1 aromatic heterocycles. The number of amides is 2. The molecule has 1 aromatic carbocycles. The van der Waals surface area contributed by atoms with Crippen molar-refractivity contribution in [1.82, 2.24) is 19.6 Å². The molecule has 8 nitrogen and oxygen atoms in total. The summed E-state index contributed by atoms with van der Waals surface area (Å²) in [5.74, 6) is 0.242. The van der Waals surface area contributed by atoms with Gasteiger partial charge in [0.15, 0.2) is 5.78 Å². The fraction of sp³-hybridized carbons (Fsp3) is 0.500. The second-order valence-corrected chi connectivity index (χ2v) is 8.82. The van der Waals surface area contributed by atoms with Crippen molar-refractivity contribution in [2.45, 2.75) is 45.4 Å². The van der Waals surface area contributed by atoms with Crippen molar-refractivity contribution in [2.24, 2.45) is 5.92 Å². The molecule has 32 heavy (non-hydrogen) atoms. The Bertz CT molecular complexity index is 998. The number of carbonyl (C=O) groups is 3. The second kappa shape index (κ2) is 9.54. The quantitative estimate of drug-likeness (QED) is 0.671. The molecule has 2 fully saturated rings. The van der Waals surface area contributed by atoms with Gasteiger partial charge < -0.3 is 15.5 Å². The molecule has 4 rings (SSSR count). The van der Waals surface area contributed by atoms with Gasteiger partial charge in [-0.1, -0.05) is 17.7 Å². The molecule has 0 bridgehead atoms. The first-order valence-electron chi connectivity index (χ1n) is 11.4. The molecule has 2 saturated heterocycles. The molecule has 0 spiro atoms. The zero-order valence-electron chi connectivity index (χ0n) is 18.6. The molecule has 0 aliphatic carbocycles. The van der Waals surface area contributed by atoms with E-state index in [1.807, 2.05) is 36.1 Å². The molecule has 2 amide bonds. The zero-order chi connectivity index (χ0) is 22.7. The number of aryl methyl sites for hydroxylation is 1. The monoisotopic (exact) mass is 437 g/mol. The Morgan fingerprint density at radius 3 is 2.66 bits per heavy atom. The van der Waals surface area contributed by atoms with Crippen molar-refractivity contribution in [3.05, 3.63) is 41.6 Å². The molecule has 0 saturated carbocycles. The normalized spacial score (nSPS) is 18.9. The molecule has 1 atom stereocenters. The maximum Gasteiger partial charge on any atom is 0.222 e. The highest BCUT2D eigenvalue weighted by Crippen LogP contribution is 2.26. The molecule has 8 heteroatoms. The van der Waals surface area contributed by atoms with Crippen LogP contribution in [0.15, 0.2) is 30.5 Å². The lowest BCUT2D eigenvalue weighted by molar-refractivity contribution is -0.133. The van der Waals surface area contributed by atoms with E-state index in [0.29, 0.717) is 50.3 Å². The van der Waals surface area contributed by atoms with Crippen LogP contribution in [-0.4, -0.2) is 63.4 Å². The van der Waals surface area contributed by atoms with Gasteiger partial charge in [0.25, 0.3) is 0 Å². The Labute approximate surface area is 188 Å². The van der Waals surface area contributed by atoms with Gasteiger partial charge in [0.1, 0.15) is 5.82 Å². The summed E-state index contributed by atoms with van der Waals surface area (Å²) in [6.07, 6.45) is 5.65. The highest BCUT2D eigenvalue weighted by atomic mass is 16.2. The van der Waals surface area contributed by atoms with Gasteiger partial charge in [0.05, 0.1) is 17.4 Å². The standard InChI is InChI=1S/C24H31N5O3/c1-17-8-10-19(11-9-17)29-24(25)20(15-26-29)23(32)18-5-2-14-28(16-18)22(31)7-4-13-27-12-3-6-21(27)30/h8-11,15,18H,2-7,12-14,16,25H2,1H3/t18-/m1/s1. The summed E-state index contributed by atoms with van der Waals surface area (Å²) in [5.41, 5.74) is 8.64. The van der Waals surface area contributed by atoms with Crippen LogP contribution in [0.3, 0.4) is 0 Å². The van der Waals surface area contributed by atoms with Crippen LogP contribution in [0.4, 0.5) is 5.82 Å². The molecule has 2 aliphatic heterocycles. The fourth-order valence-electron chi connectivity index (χ4n) is 4.60. The molecule has 2 N–H and O–H groups in total. The van der Waals surface area contributed by atoms with E-state index in [2.05, 4.69) is 5.10 Å². The molecule has 170 valence electrons. The fourth-order valence-corrected chi connectivity index (χ4v) is 4.60. The highest BCUT2D eigenvalue weighted by Gasteiger charge is 2.31. The van der Waals surface area contributed by atoms with Crippen molar-refractivity contribution in [1.29, 1.82) is 0 Å². The summed E-state index contributed by atoms with van der Waals surface area (Å²) in [6, 6.07) is 7.79. The lowest BCUT2D eigenvalue weighted by Gasteiger charge is -2.32. The minimum atomic E-state index is -0.272. The van der Waals surface area contributed by atoms with Crippen LogP contribution in [0.1, 0.15) is 54.4 Å². The van der Waals surface area contributed by atoms with E-state index in [4.69, 9.17) is 5.73 Å². The average Bonchev–Trinajstić information content (AvgIpc) is 3.39. The number of nitrogens with zero attached hydrogens (tertiary/aromatic N) is 4. The van der Waals surface area contributed by atoms with Gasteiger partial charge in [-0.05, 0) is 44.7 Å². The van der Waals surface area contributed by atoms with Crippen molar-refractivity contribution >= 4 is 23.4 Å². The number of nitrogen functional groups attached to an aromatic ring is 1. The van der Waals surface area contributed by atoms with Crippen LogP contribution in [-0.2, 0) is 9.59 Å². The minimum Gasteiger partial charge on any atom is -0.383 e. The zero-order valence-corrected chi connectivity index (χ0v) is 18.6. The summed E-state index contributed by atoms with van der Waals surface area (Å²) in [7, 11) is 0. The molecule has 2 aromatic rings. The molecular formula is C24H31N5O3. The average molecular weight is 438 g/mol. The predicted molar refractivity (Wildman–Crippen MR) is 121 cm³/mol. The van der Waals surface area contributed by atoms with Crippen LogP contribution in [0.5, 0.6) is 0 Å². The number of piperidine rings is 1. The van der Waals surface area contributed by atoms with E-state index in [1.54, 1.807) is 9.58 Å². The number of nitrogens with two attached hydrogens (primary N) is 1. The second-order valence-electron chi connectivity index (χ2n) is 8.82. The van der Waals surface area contributed by atoms with Crippen molar-refractivity contribution in [2.75, 3.05) is 31.9 Å². The van der Waals surface area contributed by atoms with E-state index in [-0.39, 0.29) is 23.5 Å². The Morgan fingerprint density at radius 2 is 1.94 bits per heavy atom. The van der Waals surface area contributed by atoms with E-state index >= 15 is 0 Å². The van der Waals surface area contributed by atoms with Gasteiger partial charge in [-0.3, -0.25) is 14.4 Å². The number of likely N-dealkylation sites (tertiary alicyclic amines) is 2. The number of benzene rings is 1. The van der Waals surface area contributed by atoms with Crippen molar-refractivity contribution in [3.63, 3.8) is 0 Å². The van der Waals surface area contributed by atoms with Crippen LogP contribution in [0.25, 0.3) is 5.69 Å². The first-order valence-corrected chi connectivity index (χ1v) is 11.4. The van der Waals surface area contributed by atoms with Crippen LogP contribution >= 0.6 is 0 Å². The number of carbonyl (C=O) groups excluding carboxylic acids is 3. The molecule has 2 aliphatic rings. The third-order valence-corrected chi connectivity index (χ3v) is 6.49. The molecule has 0 radical (unpaired) electrons. The first-order chi connectivity index (χ1) is 15.4. The Kier molecular flexibility index (Phi) is 6.58. The van der Waals surface area contributed by atoms with Gasteiger partial charge in [0, 0.05) is 44.9 Å². The van der Waals surface area contributed by atoms with Gasteiger partial charge in [-0.25, -0.2) is 4.68 Å². The van der Waals surface area contributed by atoms with Crippen molar-refractivity contribution < 1.29 is 14.4 Å². The minimum absolute atomic E-state index is 0.0532. The Balaban J connectivity index is 1.35. The SMILES string of the molecule is Cc1ccc(-n2ncc(C(=O)[C@@H]3CCCN(C(=O)CCCN4CCCC4=O)C3)c2N)cc1. The summed E-state index contributed by atoms with van der Waals surface area (Å²) in [4.78, 5) is 41.3. The molecular weight excluding hydrogens is 406 g/mol. The number of anilines is 1. The Morgan fingerprint density at radius 1 is 1.16 bits per heavy atom. The number of hydrogen-bond acceptors (Lipinski definition) is 5. The van der Waals surface area contributed by atoms with Crippen molar-refractivity contribution in [3.8, 4) is 5.69 Å². The molecule has 0 unspecified atom stereocenters. The van der Waals surface area contributed by atoms with Gasteiger partial charge in [-0.15, -0.1) is 0 Å². The van der Waals surface area contributed by atoms with Crippen LogP contribution in [0, 0.1) is 12.8 Å². The van der Waals surface area contributed by atoms with Crippen LogP contribution < -0.4 is 5.73 Å². The number of hydrogen-bond donors (Lipinski definition) is 1. The first kappa shape index (κ1) is 22.0. The summed E-state index contributed by atoms with van der Waals surface area (Å²) in [5, 5.41) is 4.33. The predicted octanol–water partition coefficient (Wildman–Crippen LogP) is 2.59. The number of Topliss-reactive ketones (excluding diaryl/α,β-unsaturated/α-hetero) is 1. The lowest BCUT2D eigenvalue weighted by Crippen LogP contribution is -2.42. The van der Waals surface area contributed by atoms with Crippen LogP contribution in [0.2, 0.25) is 0 Å². The third kappa shape index (κ3) is 4.69. The molecule has 3 heterocycles. The van der Waals surface area contributed by atoms with E-state index in [0.717, 1.165) is 37.1 Å². The number of rotatable bonds is 7. The van der Waals surface area contributed by atoms with Gasteiger partial charge in [0.2, 0.25) is 11.8 Å². The van der Waals surface area contributed by atoms with E-state index in [9.17, 15) is 14.4 Å². The van der Waals surface area contributed by atoms with Gasteiger partial charge in [-0.2, -0.15) is 5.10 Å². The Hall–Kier alpha value is -3.16. The maximum atomic E-state index is 13.2. The summed E-state index contributed by atoms with van der Waals surface area (Å²) in [6.45, 7) is 4.52. The maximum absolute atomic E-state index is 13.2. The highest BCUT2D eigenvalue weighted by molar-refractivity contribution is 6.02. The van der Waals surface area contributed by atoms with Gasteiger partial charge >= 0.3 is 0 Å². The topological polar surface area (TPSA) is 102 Å². The number of ketones is 1. The third-order valence-electron chi connectivity index (χ3n) is 6.49. The summed E-state index contributed by atoms with van der Waals surface area (Å²) >= 11 is 0. The van der Waals surface area contributed by atoms with E-state index in [1.165, 1.54) is 6.20 Å². The smallest absolute Gasteiger partial charge is 0.222 e. The van der Waals surface area contributed by atoms with E-state index < -0.39 is 0 Å². The largest absolute Gasteiger partial charge is 0.383 e. The summed E-state index contributed by atoms with van der Waals surface area (Å²) < 4.78 is 1.58. The number of aromatic nitrogens is 2. The lowest BCUT2D eigenvalue weighted by atomic mass is 9.90.